The first kappa shape index (κ1) is 19.9. The summed E-state index contributed by atoms with van der Waals surface area (Å²) in [4.78, 5) is 4.63. The lowest BCUT2D eigenvalue weighted by molar-refractivity contribution is 0.354. The van der Waals surface area contributed by atoms with Gasteiger partial charge in [-0.3, -0.25) is 4.40 Å². The normalized spacial score (nSPS) is 11.7. The number of ether oxygens (including phenoxy) is 2. The van der Waals surface area contributed by atoms with Gasteiger partial charge in [0.15, 0.2) is 17.3 Å². The van der Waals surface area contributed by atoms with Crippen molar-refractivity contribution in [1.29, 1.82) is 0 Å². The van der Waals surface area contributed by atoms with Crippen LogP contribution in [0.2, 0.25) is 0 Å². The van der Waals surface area contributed by atoms with Crippen molar-refractivity contribution in [2.24, 2.45) is 0 Å². The van der Waals surface area contributed by atoms with Crippen molar-refractivity contribution in [3.8, 4) is 11.5 Å². The van der Waals surface area contributed by atoms with Crippen LogP contribution in [0.5, 0.6) is 11.5 Å². The number of aryl methyl sites for hydroxylation is 1. The average Bonchev–Trinajstić information content (AvgIpc) is 3.22. The fourth-order valence-electron chi connectivity index (χ4n) is 3.32. The smallest absolute Gasteiger partial charge is 0.265 e. The Bertz CT molecular complexity index is 1350. The Morgan fingerprint density at radius 3 is 2.47 bits per heavy atom. The molecule has 9 nitrogen and oxygen atoms in total. The number of hydrogen-bond acceptors (Lipinski definition) is 7. The molecule has 0 saturated carbocycles. The Morgan fingerprint density at radius 2 is 1.77 bits per heavy atom. The molecule has 4 rings (SSSR count). The molecule has 30 heavy (non-hydrogen) atoms. The molecule has 2 heterocycles. The number of para-hydroxylation sites is 2. The lowest BCUT2D eigenvalue weighted by Crippen LogP contribution is -2.28. The maximum absolute atomic E-state index is 13.4. The number of rotatable bonds is 6. The summed E-state index contributed by atoms with van der Waals surface area (Å²) in [5.74, 6) is 1.67. The van der Waals surface area contributed by atoms with Gasteiger partial charge in [-0.2, -0.15) is 0 Å². The summed E-state index contributed by atoms with van der Waals surface area (Å²) in [5.41, 5.74) is 1.83. The molecule has 2 aromatic heterocycles. The molecule has 4 aromatic rings. The summed E-state index contributed by atoms with van der Waals surface area (Å²) < 4.78 is 40.2. The van der Waals surface area contributed by atoms with Crippen LogP contribution >= 0.6 is 0 Å². The first-order valence-electron chi connectivity index (χ1n) is 9.26. The van der Waals surface area contributed by atoms with Gasteiger partial charge in [0.25, 0.3) is 10.0 Å². The maximum atomic E-state index is 13.4. The molecule has 0 atom stereocenters. The summed E-state index contributed by atoms with van der Waals surface area (Å²) in [6.07, 6.45) is 0.640. The number of nitrogens with zero attached hydrogens (tertiary/aromatic N) is 5. The molecule has 0 aliphatic rings. The molecule has 0 amide bonds. The molecule has 10 heteroatoms. The van der Waals surface area contributed by atoms with Crippen LogP contribution in [-0.2, 0) is 16.4 Å². The summed E-state index contributed by atoms with van der Waals surface area (Å²) in [7, 11) is 0.439. The molecule has 0 unspecified atom stereocenters. The van der Waals surface area contributed by atoms with Crippen LogP contribution in [0.4, 0.5) is 5.82 Å². The van der Waals surface area contributed by atoms with Crippen molar-refractivity contribution >= 4 is 32.5 Å². The number of anilines is 1. The minimum absolute atomic E-state index is 0.0472. The molecule has 0 radical (unpaired) electrons. The lowest BCUT2D eigenvalue weighted by atomic mass is 10.3. The predicted octanol–water partition coefficient (Wildman–Crippen LogP) is 2.68. The van der Waals surface area contributed by atoms with Crippen LogP contribution in [0.3, 0.4) is 0 Å². The van der Waals surface area contributed by atoms with Crippen molar-refractivity contribution < 1.29 is 17.9 Å². The van der Waals surface area contributed by atoms with E-state index in [1.54, 1.807) is 6.07 Å². The summed E-state index contributed by atoms with van der Waals surface area (Å²) >= 11 is 0. The Kier molecular flexibility index (Phi) is 4.94. The van der Waals surface area contributed by atoms with E-state index in [-0.39, 0.29) is 10.7 Å². The van der Waals surface area contributed by atoms with Crippen molar-refractivity contribution in [3.63, 3.8) is 0 Å². The lowest BCUT2D eigenvalue weighted by Gasteiger charge is -2.20. The Balaban J connectivity index is 1.92. The van der Waals surface area contributed by atoms with E-state index in [0.29, 0.717) is 29.1 Å². The molecule has 0 N–H and O–H groups in total. The van der Waals surface area contributed by atoms with E-state index in [4.69, 9.17) is 9.47 Å². The van der Waals surface area contributed by atoms with Crippen LogP contribution < -0.4 is 13.8 Å². The Morgan fingerprint density at radius 1 is 1.03 bits per heavy atom. The van der Waals surface area contributed by atoms with E-state index < -0.39 is 10.0 Å². The highest BCUT2D eigenvalue weighted by Gasteiger charge is 2.27. The largest absolute Gasteiger partial charge is 0.493 e. The third-order valence-electron chi connectivity index (χ3n) is 4.91. The van der Waals surface area contributed by atoms with Crippen molar-refractivity contribution in [1.82, 2.24) is 19.6 Å². The quantitative estimate of drug-likeness (QED) is 0.466. The van der Waals surface area contributed by atoms with Gasteiger partial charge in [-0.05, 0) is 24.3 Å². The van der Waals surface area contributed by atoms with Gasteiger partial charge in [0.1, 0.15) is 5.82 Å². The highest BCUT2D eigenvalue weighted by Crippen LogP contribution is 2.33. The number of sulfonamides is 1. The topological polar surface area (TPSA) is 98.9 Å². The highest BCUT2D eigenvalue weighted by molar-refractivity contribution is 7.92. The van der Waals surface area contributed by atoms with E-state index in [1.807, 2.05) is 35.6 Å². The molecule has 0 saturated heterocycles. The van der Waals surface area contributed by atoms with E-state index in [0.717, 1.165) is 15.6 Å². The fraction of sp³-hybridized carbons (Fsp3) is 0.250. The summed E-state index contributed by atoms with van der Waals surface area (Å²) in [6, 6.07) is 11.9. The molecule has 0 aliphatic carbocycles. The second-order valence-electron chi connectivity index (χ2n) is 6.54. The summed E-state index contributed by atoms with van der Waals surface area (Å²) in [5, 5.41) is 8.46. The van der Waals surface area contributed by atoms with E-state index in [9.17, 15) is 8.42 Å². The van der Waals surface area contributed by atoms with Gasteiger partial charge in [-0.15, -0.1) is 10.2 Å². The van der Waals surface area contributed by atoms with Gasteiger partial charge in [-0.25, -0.2) is 17.7 Å². The van der Waals surface area contributed by atoms with Crippen LogP contribution in [0.15, 0.2) is 47.4 Å². The van der Waals surface area contributed by atoms with E-state index in [1.165, 1.54) is 33.4 Å². The molecule has 0 spiro atoms. The molecule has 156 valence electrons. The zero-order valence-electron chi connectivity index (χ0n) is 17.0. The minimum Gasteiger partial charge on any atom is -0.493 e. The number of fused-ring (bicyclic) bond motifs is 3. The van der Waals surface area contributed by atoms with E-state index >= 15 is 0 Å². The Hall–Kier alpha value is -3.40. The van der Waals surface area contributed by atoms with Crippen molar-refractivity contribution in [2.45, 2.75) is 18.2 Å². The third kappa shape index (κ3) is 3.00. The SMILES string of the molecule is CCc1nnc2c(N(C)S(=O)(=O)c3ccc(OC)c(OC)c3)nc3ccccc3n12. The van der Waals surface area contributed by atoms with Crippen molar-refractivity contribution in [3.05, 3.63) is 48.3 Å². The van der Waals surface area contributed by atoms with Crippen LogP contribution in [0, 0.1) is 0 Å². The average molecular weight is 427 g/mol. The second kappa shape index (κ2) is 7.45. The molecule has 0 bridgehead atoms. The van der Waals surface area contributed by atoms with Crippen LogP contribution in [-0.4, -0.2) is 49.3 Å². The van der Waals surface area contributed by atoms with Gasteiger partial charge in [0.05, 0.1) is 30.1 Å². The fourth-order valence-corrected chi connectivity index (χ4v) is 4.48. The highest BCUT2D eigenvalue weighted by atomic mass is 32.2. The first-order valence-corrected chi connectivity index (χ1v) is 10.7. The zero-order valence-corrected chi connectivity index (χ0v) is 17.8. The number of methoxy groups -OCH3 is 2. The minimum atomic E-state index is -3.95. The Labute approximate surface area is 173 Å². The van der Waals surface area contributed by atoms with E-state index in [2.05, 4.69) is 15.2 Å². The molecular weight excluding hydrogens is 406 g/mol. The number of benzene rings is 2. The molecule has 0 fully saturated rings. The molecule has 2 aromatic carbocycles. The number of aromatic nitrogens is 4. The monoisotopic (exact) mass is 427 g/mol. The van der Waals surface area contributed by atoms with Crippen molar-refractivity contribution in [2.75, 3.05) is 25.6 Å². The molecular formula is C20H21N5O4S. The third-order valence-corrected chi connectivity index (χ3v) is 6.65. The number of hydrogen-bond donors (Lipinski definition) is 0. The standard InChI is InChI=1S/C20H21N5O4S/c1-5-18-22-23-20-19(21-14-8-6-7-9-15(14)25(18)20)24(2)30(26,27)13-10-11-16(28-3)17(12-13)29-4/h6-12H,5H2,1-4H3. The predicted molar refractivity (Wildman–Crippen MR) is 113 cm³/mol. The van der Waals surface area contributed by atoms with Gasteiger partial charge in [0.2, 0.25) is 5.65 Å². The van der Waals surface area contributed by atoms with Crippen LogP contribution in [0.25, 0.3) is 16.7 Å². The van der Waals surface area contributed by atoms with Gasteiger partial charge >= 0.3 is 0 Å². The van der Waals surface area contributed by atoms with Crippen LogP contribution in [0.1, 0.15) is 12.7 Å². The van der Waals surface area contributed by atoms with Gasteiger partial charge in [0, 0.05) is 19.5 Å². The second-order valence-corrected chi connectivity index (χ2v) is 8.51. The molecule has 0 aliphatic heterocycles. The van der Waals surface area contributed by atoms with Gasteiger partial charge in [-0.1, -0.05) is 19.1 Å². The zero-order chi connectivity index (χ0) is 21.5. The summed E-state index contributed by atoms with van der Waals surface area (Å²) in [6.45, 7) is 1.97. The first-order chi connectivity index (χ1) is 14.4. The van der Waals surface area contributed by atoms with Gasteiger partial charge < -0.3 is 9.47 Å². The maximum Gasteiger partial charge on any atom is 0.265 e.